The molecule has 1 saturated carbocycles. The van der Waals surface area contributed by atoms with E-state index in [-0.39, 0.29) is 12.4 Å². The lowest BCUT2D eigenvalue weighted by Crippen LogP contribution is -2.34. The van der Waals surface area contributed by atoms with Crippen LogP contribution in [0.2, 0.25) is 0 Å². The van der Waals surface area contributed by atoms with Crippen molar-refractivity contribution in [2.24, 2.45) is 11.8 Å². The zero-order chi connectivity index (χ0) is 15.3. The van der Waals surface area contributed by atoms with Crippen molar-refractivity contribution in [3.63, 3.8) is 0 Å². The molecule has 0 aliphatic heterocycles. The van der Waals surface area contributed by atoms with Gasteiger partial charge in [0.15, 0.2) is 0 Å². The third-order valence-electron chi connectivity index (χ3n) is 4.42. The zero-order valence-electron chi connectivity index (χ0n) is 12.6. The SMILES string of the molecule is CC1CCCCC1CNS(=O)(=O)Cc1ccc(CO)cc1. The summed E-state index contributed by atoms with van der Waals surface area (Å²) in [5, 5.41) is 8.98. The molecule has 2 atom stereocenters. The van der Waals surface area contributed by atoms with Gasteiger partial charge >= 0.3 is 0 Å². The number of aliphatic hydroxyl groups excluding tert-OH is 1. The number of aliphatic hydroxyl groups is 1. The van der Waals surface area contributed by atoms with Gasteiger partial charge in [-0.25, -0.2) is 13.1 Å². The molecule has 0 bridgehead atoms. The predicted octanol–water partition coefficient (Wildman–Crippen LogP) is 2.42. The molecule has 21 heavy (non-hydrogen) atoms. The van der Waals surface area contributed by atoms with Crippen molar-refractivity contribution in [1.29, 1.82) is 0 Å². The summed E-state index contributed by atoms with van der Waals surface area (Å²) in [6.07, 6.45) is 4.80. The third kappa shape index (κ3) is 5.09. The maximum Gasteiger partial charge on any atom is 0.215 e. The van der Waals surface area contributed by atoms with Gasteiger partial charge in [-0.2, -0.15) is 0 Å². The Kier molecular flexibility index (Phi) is 5.79. The molecule has 2 N–H and O–H groups in total. The fraction of sp³-hybridized carbons (Fsp3) is 0.625. The molecule has 2 unspecified atom stereocenters. The molecule has 1 fully saturated rings. The summed E-state index contributed by atoms with van der Waals surface area (Å²) in [6.45, 7) is 2.74. The number of sulfonamides is 1. The minimum Gasteiger partial charge on any atom is -0.392 e. The second-order valence-electron chi connectivity index (χ2n) is 6.10. The second kappa shape index (κ2) is 7.38. The van der Waals surface area contributed by atoms with Gasteiger partial charge in [-0.05, 0) is 29.4 Å². The molecule has 4 nitrogen and oxygen atoms in total. The number of benzene rings is 1. The van der Waals surface area contributed by atoms with Crippen LogP contribution in [0.1, 0.15) is 43.7 Å². The molecule has 1 aromatic carbocycles. The normalized spacial score (nSPS) is 23.1. The summed E-state index contributed by atoms with van der Waals surface area (Å²) in [5.41, 5.74) is 1.54. The van der Waals surface area contributed by atoms with E-state index in [0.29, 0.717) is 18.4 Å². The molecule has 0 spiro atoms. The highest BCUT2D eigenvalue weighted by Gasteiger charge is 2.23. The van der Waals surface area contributed by atoms with Crippen molar-refractivity contribution < 1.29 is 13.5 Å². The van der Waals surface area contributed by atoms with Gasteiger partial charge < -0.3 is 5.11 Å². The number of hydrogen-bond donors (Lipinski definition) is 2. The molecule has 0 radical (unpaired) electrons. The van der Waals surface area contributed by atoms with Crippen LogP contribution in [0.25, 0.3) is 0 Å². The Morgan fingerprint density at radius 3 is 2.38 bits per heavy atom. The van der Waals surface area contributed by atoms with E-state index in [2.05, 4.69) is 11.6 Å². The average Bonchev–Trinajstić information content (AvgIpc) is 2.47. The Hall–Kier alpha value is -0.910. The Bertz CT molecular complexity index is 539. The van der Waals surface area contributed by atoms with E-state index < -0.39 is 10.0 Å². The Morgan fingerprint density at radius 1 is 1.14 bits per heavy atom. The first-order chi connectivity index (χ1) is 10.00. The van der Waals surface area contributed by atoms with Gasteiger partial charge in [-0.15, -0.1) is 0 Å². The quantitative estimate of drug-likeness (QED) is 0.848. The number of nitrogens with one attached hydrogen (secondary N) is 1. The molecular weight excluding hydrogens is 286 g/mol. The van der Waals surface area contributed by atoms with Crippen LogP contribution in [-0.4, -0.2) is 20.1 Å². The van der Waals surface area contributed by atoms with Gasteiger partial charge in [0.1, 0.15) is 0 Å². The van der Waals surface area contributed by atoms with Crippen molar-refractivity contribution in [1.82, 2.24) is 4.72 Å². The molecular formula is C16H25NO3S. The molecule has 2 rings (SSSR count). The van der Waals surface area contributed by atoms with Crippen molar-refractivity contribution in [2.75, 3.05) is 6.54 Å². The Morgan fingerprint density at radius 2 is 1.76 bits per heavy atom. The van der Waals surface area contributed by atoms with Crippen molar-refractivity contribution >= 4 is 10.0 Å². The lowest BCUT2D eigenvalue weighted by molar-refractivity contribution is 0.257. The highest BCUT2D eigenvalue weighted by Crippen LogP contribution is 2.29. The van der Waals surface area contributed by atoms with Crippen molar-refractivity contribution in [3.8, 4) is 0 Å². The van der Waals surface area contributed by atoms with Crippen LogP contribution in [0.4, 0.5) is 0 Å². The predicted molar refractivity (Wildman–Crippen MR) is 84.1 cm³/mol. The molecule has 0 heterocycles. The van der Waals surface area contributed by atoms with Gasteiger partial charge in [0.25, 0.3) is 0 Å². The molecule has 5 heteroatoms. The summed E-state index contributed by atoms with van der Waals surface area (Å²) >= 11 is 0. The van der Waals surface area contributed by atoms with Gasteiger partial charge in [-0.3, -0.25) is 0 Å². The van der Waals surface area contributed by atoms with E-state index in [1.165, 1.54) is 19.3 Å². The minimum absolute atomic E-state index is 0.000189. The second-order valence-corrected chi connectivity index (χ2v) is 7.91. The summed E-state index contributed by atoms with van der Waals surface area (Å²) in [5.74, 6) is 1.07. The molecule has 0 aromatic heterocycles. The van der Waals surface area contributed by atoms with E-state index in [4.69, 9.17) is 5.11 Å². The van der Waals surface area contributed by atoms with Crippen molar-refractivity contribution in [3.05, 3.63) is 35.4 Å². The zero-order valence-corrected chi connectivity index (χ0v) is 13.4. The number of hydrogen-bond acceptors (Lipinski definition) is 3. The van der Waals surface area contributed by atoms with Crippen LogP contribution < -0.4 is 4.72 Å². The highest BCUT2D eigenvalue weighted by molar-refractivity contribution is 7.88. The van der Waals surface area contributed by atoms with E-state index in [9.17, 15) is 8.42 Å². The molecule has 1 aliphatic rings. The fourth-order valence-corrected chi connectivity index (χ4v) is 4.14. The van der Waals surface area contributed by atoms with E-state index >= 15 is 0 Å². The maximum absolute atomic E-state index is 12.1. The molecule has 0 amide bonds. The van der Waals surface area contributed by atoms with Crippen LogP contribution in [-0.2, 0) is 22.4 Å². The highest BCUT2D eigenvalue weighted by atomic mass is 32.2. The average molecular weight is 311 g/mol. The van der Waals surface area contributed by atoms with E-state index in [1.54, 1.807) is 24.3 Å². The first kappa shape index (κ1) is 16.5. The first-order valence-corrected chi connectivity index (χ1v) is 9.31. The van der Waals surface area contributed by atoms with Crippen LogP contribution in [0.15, 0.2) is 24.3 Å². The third-order valence-corrected chi connectivity index (χ3v) is 5.74. The van der Waals surface area contributed by atoms with Gasteiger partial charge in [0.2, 0.25) is 10.0 Å². The summed E-state index contributed by atoms with van der Waals surface area (Å²) in [7, 11) is -3.29. The van der Waals surface area contributed by atoms with Gasteiger partial charge in [-0.1, -0.05) is 50.5 Å². The summed E-state index contributed by atoms with van der Waals surface area (Å²) < 4.78 is 27.0. The lowest BCUT2D eigenvalue weighted by atomic mass is 9.81. The molecule has 118 valence electrons. The van der Waals surface area contributed by atoms with Gasteiger partial charge in [0.05, 0.1) is 12.4 Å². The van der Waals surface area contributed by atoms with Crippen LogP contribution in [0.3, 0.4) is 0 Å². The standard InChI is InChI=1S/C16H25NO3S/c1-13-4-2-3-5-16(13)10-17-21(19,20)12-15-8-6-14(11-18)7-9-15/h6-9,13,16-18H,2-5,10-12H2,1H3. The molecule has 0 saturated heterocycles. The van der Waals surface area contributed by atoms with Crippen LogP contribution in [0, 0.1) is 11.8 Å². The van der Waals surface area contributed by atoms with E-state index in [1.807, 2.05) is 0 Å². The fourth-order valence-electron chi connectivity index (χ4n) is 2.94. The largest absolute Gasteiger partial charge is 0.392 e. The maximum atomic E-state index is 12.1. The lowest BCUT2D eigenvalue weighted by Gasteiger charge is -2.28. The Labute approximate surface area is 127 Å². The Balaban J connectivity index is 1.88. The van der Waals surface area contributed by atoms with Crippen LogP contribution in [0.5, 0.6) is 0 Å². The topological polar surface area (TPSA) is 66.4 Å². The first-order valence-electron chi connectivity index (χ1n) is 7.66. The summed E-state index contributed by atoms with van der Waals surface area (Å²) in [4.78, 5) is 0. The van der Waals surface area contributed by atoms with E-state index in [0.717, 1.165) is 17.5 Å². The van der Waals surface area contributed by atoms with Crippen molar-refractivity contribution in [2.45, 2.75) is 45.0 Å². The monoisotopic (exact) mass is 311 g/mol. The number of rotatable bonds is 6. The minimum atomic E-state index is -3.29. The summed E-state index contributed by atoms with van der Waals surface area (Å²) in [6, 6.07) is 7.03. The smallest absolute Gasteiger partial charge is 0.215 e. The van der Waals surface area contributed by atoms with Gasteiger partial charge in [0, 0.05) is 6.54 Å². The molecule has 1 aromatic rings. The molecule has 1 aliphatic carbocycles. The van der Waals surface area contributed by atoms with Crippen LogP contribution >= 0.6 is 0 Å².